The van der Waals surface area contributed by atoms with E-state index in [9.17, 15) is 13.2 Å². The van der Waals surface area contributed by atoms with Gasteiger partial charge in [0.1, 0.15) is 4.75 Å². The number of sulfone groups is 1. The maximum absolute atomic E-state index is 11.8. The van der Waals surface area contributed by atoms with Crippen LogP contribution in [0.2, 0.25) is 0 Å². The van der Waals surface area contributed by atoms with E-state index in [4.69, 9.17) is 0 Å². The van der Waals surface area contributed by atoms with Crippen molar-refractivity contribution in [1.29, 1.82) is 0 Å². The highest BCUT2D eigenvalue weighted by Crippen LogP contribution is 2.14. The van der Waals surface area contributed by atoms with E-state index in [0.717, 1.165) is 39.0 Å². The SMILES string of the molecule is CC(C)(C(=O)NCCN1CCNCC1)S(C)(=O)=O. The summed E-state index contributed by atoms with van der Waals surface area (Å²) in [6.45, 7) is 7.96. The predicted molar refractivity (Wildman–Crippen MR) is 71.2 cm³/mol. The quantitative estimate of drug-likeness (QED) is 0.662. The maximum atomic E-state index is 11.8. The van der Waals surface area contributed by atoms with Crippen molar-refractivity contribution in [2.24, 2.45) is 0 Å². The van der Waals surface area contributed by atoms with Gasteiger partial charge in [-0.25, -0.2) is 8.42 Å². The summed E-state index contributed by atoms with van der Waals surface area (Å²) in [5.41, 5.74) is 0. The molecule has 0 aromatic heterocycles. The molecule has 1 aliphatic rings. The third-order valence-electron chi connectivity index (χ3n) is 3.40. The van der Waals surface area contributed by atoms with Crippen LogP contribution in [0, 0.1) is 0 Å². The Morgan fingerprint density at radius 3 is 2.39 bits per heavy atom. The lowest BCUT2D eigenvalue weighted by atomic mass is 10.2. The molecule has 0 aliphatic carbocycles. The third-order valence-corrected chi connectivity index (χ3v) is 5.44. The number of nitrogens with zero attached hydrogens (tertiary/aromatic N) is 1. The van der Waals surface area contributed by atoms with Crippen molar-refractivity contribution in [3.8, 4) is 0 Å². The average Bonchev–Trinajstić information content (AvgIpc) is 2.28. The molecule has 1 rings (SSSR count). The normalized spacial score (nSPS) is 18.6. The molecular formula is C11H23N3O3S. The molecule has 0 unspecified atom stereocenters. The van der Waals surface area contributed by atoms with E-state index in [-0.39, 0.29) is 0 Å². The monoisotopic (exact) mass is 277 g/mol. The topological polar surface area (TPSA) is 78.5 Å². The van der Waals surface area contributed by atoms with E-state index in [1.165, 1.54) is 13.8 Å². The number of carbonyl (C=O) groups excluding carboxylic acids is 1. The molecule has 6 nitrogen and oxygen atoms in total. The zero-order chi connectivity index (χ0) is 13.8. The van der Waals surface area contributed by atoms with Gasteiger partial charge < -0.3 is 10.6 Å². The second kappa shape index (κ2) is 5.99. The highest BCUT2D eigenvalue weighted by Gasteiger charge is 2.38. The minimum Gasteiger partial charge on any atom is -0.353 e. The van der Waals surface area contributed by atoms with Crippen molar-refractivity contribution < 1.29 is 13.2 Å². The number of nitrogens with one attached hydrogen (secondary N) is 2. The number of amides is 1. The van der Waals surface area contributed by atoms with Gasteiger partial charge in [0, 0.05) is 45.5 Å². The van der Waals surface area contributed by atoms with E-state index in [0.29, 0.717) is 6.54 Å². The summed E-state index contributed by atoms with van der Waals surface area (Å²) >= 11 is 0. The molecule has 2 N–H and O–H groups in total. The van der Waals surface area contributed by atoms with Crippen LogP contribution in [0.3, 0.4) is 0 Å². The van der Waals surface area contributed by atoms with Crippen LogP contribution in [0.5, 0.6) is 0 Å². The lowest BCUT2D eigenvalue weighted by Gasteiger charge is -2.28. The minimum atomic E-state index is -3.39. The lowest BCUT2D eigenvalue weighted by molar-refractivity contribution is -0.122. The van der Waals surface area contributed by atoms with Crippen LogP contribution in [0.25, 0.3) is 0 Å². The first-order valence-corrected chi connectivity index (χ1v) is 8.05. The molecule has 1 aliphatic heterocycles. The Labute approximate surface area is 109 Å². The Hall–Kier alpha value is -0.660. The number of carbonyl (C=O) groups is 1. The predicted octanol–water partition coefficient (Wildman–Crippen LogP) is -1.17. The Balaban J connectivity index is 2.37. The first-order valence-electron chi connectivity index (χ1n) is 6.16. The molecule has 1 saturated heterocycles. The van der Waals surface area contributed by atoms with Crippen LogP contribution in [0.1, 0.15) is 13.8 Å². The van der Waals surface area contributed by atoms with Crippen LogP contribution in [0.15, 0.2) is 0 Å². The van der Waals surface area contributed by atoms with Crippen molar-refractivity contribution in [3.05, 3.63) is 0 Å². The van der Waals surface area contributed by atoms with Gasteiger partial charge in [-0.05, 0) is 13.8 Å². The second-order valence-corrected chi connectivity index (χ2v) is 7.69. The Bertz CT molecular complexity index is 386. The summed E-state index contributed by atoms with van der Waals surface area (Å²) in [5.74, 6) is -0.430. The van der Waals surface area contributed by atoms with E-state index < -0.39 is 20.5 Å². The molecule has 106 valence electrons. The first kappa shape index (κ1) is 15.4. The molecule has 0 aromatic carbocycles. The van der Waals surface area contributed by atoms with E-state index in [1.54, 1.807) is 0 Å². The fraction of sp³-hybridized carbons (Fsp3) is 0.909. The van der Waals surface area contributed by atoms with Crippen molar-refractivity contribution >= 4 is 15.7 Å². The summed E-state index contributed by atoms with van der Waals surface area (Å²) in [5, 5.41) is 5.95. The average molecular weight is 277 g/mol. The number of rotatable bonds is 5. The van der Waals surface area contributed by atoms with Crippen LogP contribution in [-0.2, 0) is 14.6 Å². The van der Waals surface area contributed by atoms with Gasteiger partial charge in [0.05, 0.1) is 0 Å². The summed E-state index contributed by atoms with van der Waals surface area (Å²) in [6.07, 6.45) is 1.09. The fourth-order valence-corrected chi connectivity index (χ4v) is 2.05. The zero-order valence-electron chi connectivity index (χ0n) is 11.3. The molecule has 18 heavy (non-hydrogen) atoms. The van der Waals surface area contributed by atoms with Crippen LogP contribution in [0.4, 0.5) is 0 Å². The molecule has 0 saturated carbocycles. The fourth-order valence-electron chi connectivity index (χ4n) is 1.64. The minimum absolute atomic E-state index is 0.430. The van der Waals surface area contributed by atoms with Gasteiger partial charge in [-0.1, -0.05) is 0 Å². The van der Waals surface area contributed by atoms with Gasteiger partial charge in [-0.3, -0.25) is 9.69 Å². The van der Waals surface area contributed by atoms with Crippen LogP contribution < -0.4 is 10.6 Å². The Morgan fingerprint density at radius 1 is 1.33 bits per heavy atom. The van der Waals surface area contributed by atoms with Crippen LogP contribution >= 0.6 is 0 Å². The molecule has 1 fully saturated rings. The lowest BCUT2D eigenvalue weighted by Crippen LogP contribution is -2.50. The molecule has 1 heterocycles. The van der Waals surface area contributed by atoms with Gasteiger partial charge in [-0.2, -0.15) is 0 Å². The summed E-state index contributed by atoms with van der Waals surface area (Å²) in [6, 6.07) is 0. The molecule has 0 bridgehead atoms. The zero-order valence-corrected chi connectivity index (χ0v) is 12.1. The number of piperazine rings is 1. The molecule has 0 atom stereocenters. The van der Waals surface area contributed by atoms with Crippen LogP contribution in [-0.4, -0.2) is 69.5 Å². The van der Waals surface area contributed by atoms with Gasteiger partial charge in [0.2, 0.25) is 5.91 Å². The number of hydrogen-bond donors (Lipinski definition) is 2. The smallest absolute Gasteiger partial charge is 0.240 e. The summed E-state index contributed by atoms with van der Waals surface area (Å²) in [7, 11) is -3.39. The Kier molecular flexibility index (Phi) is 5.12. The van der Waals surface area contributed by atoms with E-state index >= 15 is 0 Å². The molecule has 0 radical (unpaired) electrons. The standard InChI is InChI=1S/C11H23N3O3S/c1-11(2,18(3,16)17)10(15)13-6-9-14-7-4-12-5-8-14/h12H,4-9H2,1-3H3,(H,13,15). The molecule has 7 heteroatoms. The van der Waals surface area contributed by atoms with Crippen molar-refractivity contribution in [2.75, 3.05) is 45.5 Å². The maximum Gasteiger partial charge on any atom is 0.240 e. The highest BCUT2D eigenvalue weighted by molar-refractivity contribution is 7.92. The van der Waals surface area contributed by atoms with Gasteiger partial charge >= 0.3 is 0 Å². The molecular weight excluding hydrogens is 254 g/mol. The molecule has 0 spiro atoms. The van der Waals surface area contributed by atoms with Gasteiger partial charge in [-0.15, -0.1) is 0 Å². The van der Waals surface area contributed by atoms with Crippen molar-refractivity contribution in [3.63, 3.8) is 0 Å². The van der Waals surface area contributed by atoms with Gasteiger partial charge in [0.15, 0.2) is 9.84 Å². The van der Waals surface area contributed by atoms with E-state index in [1.807, 2.05) is 0 Å². The largest absolute Gasteiger partial charge is 0.353 e. The molecule has 0 aromatic rings. The number of hydrogen-bond acceptors (Lipinski definition) is 5. The third kappa shape index (κ3) is 3.93. The second-order valence-electron chi connectivity index (χ2n) is 5.13. The summed E-state index contributed by atoms with van der Waals surface area (Å²) < 4.78 is 21.6. The van der Waals surface area contributed by atoms with E-state index in [2.05, 4.69) is 15.5 Å². The van der Waals surface area contributed by atoms with Gasteiger partial charge in [0.25, 0.3) is 0 Å². The van der Waals surface area contributed by atoms with Crippen molar-refractivity contribution in [2.45, 2.75) is 18.6 Å². The first-order chi connectivity index (χ1) is 8.25. The Morgan fingerprint density at radius 2 is 1.89 bits per heavy atom. The molecule has 1 amide bonds. The van der Waals surface area contributed by atoms with Crippen molar-refractivity contribution in [1.82, 2.24) is 15.5 Å². The summed E-state index contributed by atoms with van der Waals surface area (Å²) in [4.78, 5) is 14.1. The highest BCUT2D eigenvalue weighted by atomic mass is 32.2.